The molecule has 26 heavy (non-hydrogen) atoms. The lowest BCUT2D eigenvalue weighted by Gasteiger charge is -2.15. The molecule has 0 amide bonds. The molecule has 4 nitrogen and oxygen atoms in total. The second-order valence-corrected chi connectivity index (χ2v) is 6.70. The highest BCUT2D eigenvalue weighted by molar-refractivity contribution is 14.1. The second-order valence-electron chi connectivity index (χ2n) is 5.13. The molecule has 0 unspecified atom stereocenters. The van der Waals surface area contributed by atoms with Crippen LogP contribution in [0.1, 0.15) is 22.8 Å². The monoisotopic (exact) mass is 490 g/mol. The topological polar surface area (TPSA) is 44.8 Å². The van der Waals surface area contributed by atoms with E-state index in [9.17, 15) is 9.18 Å². The van der Waals surface area contributed by atoms with Gasteiger partial charge in [0, 0.05) is 5.56 Å². The number of carbonyl (C=O) groups excluding carboxylic acids is 1. The van der Waals surface area contributed by atoms with Gasteiger partial charge in [-0.15, -0.1) is 0 Å². The van der Waals surface area contributed by atoms with Gasteiger partial charge >= 0.3 is 5.97 Å². The van der Waals surface area contributed by atoms with Gasteiger partial charge in [0.05, 0.1) is 20.8 Å². The third-order valence-corrected chi connectivity index (χ3v) is 4.42. The Bertz CT molecular complexity index is 810. The van der Waals surface area contributed by atoms with Gasteiger partial charge in [-0.05, 0) is 53.8 Å². The predicted molar refractivity (Wildman–Crippen MR) is 107 cm³/mol. The van der Waals surface area contributed by atoms with E-state index >= 15 is 0 Å². The minimum absolute atomic E-state index is 0.126. The van der Waals surface area contributed by atoms with Crippen LogP contribution in [0.25, 0.3) is 0 Å². The van der Waals surface area contributed by atoms with Crippen LogP contribution in [0.5, 0.6) is 11.5 Å². The number of halogens is 3. The predicted octanol–water partition coefficient (Wildman–Crippen LogP) is 5.40. The normalized spacial score (nSPS) is 10.3. The van der Waals surface area contributed by atoms with E-state index < -0.39 is 11.8 Å². The molecule has 0 saturated heterocycles. The highest BCUT2D eigenvalue weighted by Crippen LogP contribution is 2.35. The van der Waals surface area contributed by atoms with Gasteiger partial charge in [0.15, 0.2) is 11.5 Å². The SMILES string of the molecule is C=CCOC(=O)c1cc(I)c(OCc2ccc(F)cc2Cl)c(OCC)c1. The second kappa shape index (κ2) is 9.78. The zero-order valence-corrected chi connectivity index (χ0v) is 17.0. The Morgan fingerprint density at radius 1 is 1.31 bits per heavy atom. The molecule has 0 N–H and O–H groups in total. The summed E-state index contributed by atoms with van der Waals surface area (Å²) in [7, 11) is 0. The van der Waals surface area contributed by atoms with E-state index in [1.54, 1.807) is 18.2 Å². The van der Waals surface area contributed by atoms with Crippen molar-refractivity contribution in [3.8, 4) is 11.5 Å². The van der Waals surface area contributed by atoms with Crippen LogP contribution < -0.4 is 9.47 Å². The average Bonchev–Trinajstić information content (AvgIpc) is 2.60. The standard InChI is InChI=1S/C19H17ClFIO4/c1-3-7-25-19(23)13-8-16(22)18(17(9-13)24-4-2)26-11-12-5-6-14(21)10-15(12)20/h3,5-6,8-10H,1,4,7,11H2,2H3. The van der Waals surface area contributed by atoms with Crippen LogP contribution in [0.15, 0.2) is 43.0 Å². The zero-order valence-electron chi connectivity index (χ0n) is 14.1. The maximum absolute atomic E-state index is 13.2. The number of esters is 1. The maximum Gasteiger partial charge on any atom is 0.338 e. The van der Waals surface area contributed by atoms with Crippen molar-refractivity contribution < 1.29 is 23.4 Å². The molecule has 2 aromatic rings. The van der Waals surface area contributed by atoms with Gasteiger partial charge in [-0.3, -0.25) is 0 Å². The first-order chi connectivity index (χ1) is 12.5. The van der Waals surface area contributed by atoms with Gasteiger partial charge in [0.25, 0.3) is 0 Å². The third kappa shape index (κ3) is 5.35. The summed E-state index contributed by atoms with van der Waals surface area (Å²) in [4.78, 5) is 12.1. The van der Waals surface area contributed by atoms with Crippen molar-refractivity contribution in [1.82, 2.24) is 0 Å². The van der Waals surface area contributed by atoms with Crippen molar-refractivity contribution in [2.24, 2.45) is 0 Å². The Morgan fingerprint density at radius 2 is 2.08 bits per heavy atom. The Hall–Kier alpha value is -1.80. The number of rotatable bonds is 8. The molecule has 0 aliphatic carbocycles. The third-order valence-electron chi connectivity index (χ3n) is 3.26. The van der Waals surface area contributed by atoms with Gasteiger partial charge in [-0.25, -0.2) is 9.18 Å². The van der Waals surface area contributed by atoms with Crippen LogP contribution in [0.3, 0.4) is 0 Å². The molecule has 0 radical (unpaired) electrons. The summed E-state index contributed by atoms with van der Waals surface area (Å²) in [6.07, 6.45) is 1.50. The van der Waals surface area contributed by atoms with E-state index in [-0.39, 0.29) is 18.2 Å². The first kappa shape index (κ1) is 20.5. The van der Waals surface area contributed by atoms with E-state index in [0.29, 0.717) is 32.8 Å². The number of ether oxygens (including phenoxy) is 3. The molecule has 0 aliphatic rings. The lowest BCUT2D eigenvalue weighted by molar-refractivity contribution is 0.0549. The fourth-order valence-electron chi connectivity index (χ4n) is 2.10. The minimum Gasteiger partial charge on any atom is -0.490 e. The van der Waals surface area contributed by atoms with Gasteiger partial charge in [0.2, 0.25) is 0 Å². The van der Waals surface area contributed by atoms with Gasteiger partial charge in [-0.2, -0.15) is 0 Å². The molecular formula is C19H17ClFIO4. The van der Waals surface area contributed by atoms with Crippen molar-refractivity contribution in [2.45, 2.75) is 13.5 Å². The van der Waals surface area contributed by atoms with Crippen molar-refractivity contribution in [1.29, 1.82) is 0 Å². The van der Waals surface area contributed by atoms with Crippen molar-refractivity contribution in [2.75, 3.05) is 13.2 Å². The molecule has 0 heterocycles. The largest absolute Gasteiger partial charge is 0.490 e. The van der Waals surface area contributed by atoms with Crippen LogP contribution in [-0.2, 0) is 11.3 Å². The molecule has 0 fully saturated rings. The highest BCUT2D eigenvalue weighted by atomic mass is 127. The van der Waals surface area contributed by atoms with Crippen molar-refractivity contribution in [3.05, 3.63) is 68.5 Å². The van der Waals surface area contributed by atoms with Crippen LogP contribution in [-0.4, -0.2) is 19.2 Å². The summed E-state index contributed by atoms with van der Waals surface area (Å²) < 4.78 is 30.3. The van der Waals surface area contributed by atoms with E-state index in [0.717, 1.165) is 0 Å². The molecule has 0 atom stereocenters. The fraction of sp³-hybridized carbons (Fsp3) is 0.211. The van der Waals surface area contributed by atoms with Crippen LogP contribution >= 0.6 is 34.2 Å². The molecular weight excluding hydrogens is 474 g/mol. The summed E-state index contributed by atoms with van der Waals surface area (Å²) in [6.45, 7) is 6.00. The lowest BCUT2D eigenvalue weighted by atomic mass is 10.2. The molecule has 2 rings (SSSR count). The van der Waals surface area contributed by atoms with E-state index in [2.05, 4.69) is 29.2 Å². The van der Waals surface area contributed by atoms with E-state index in [1.165, 1.54) is 18.2 Å². The summed E-state index contributed by atoms with van der Waals surface area (Å²) in [5.41, 5.74) is 0.993. The van der Waals surface area contributed by atoms with E-state index in [4.69, 9.17) is 25.8 Å². The van der Waals surface area contributed by atoms with Crippen molar-refractivity contribution >= 4 is 40.2 Å². The Labute approximate surface area is 170 Å². The Kier molecular flexibility index (Phi) is 7.71. The molecule has 2 aromatic carbocycles. The number of hydrogen-bond donors (Lipinski definition) is 0. The highest BCUT2D eigenvalue weighted by Gasteiger charge is 2.17. The smallest absolute Gasteiger partial charge is 0.338 e. The van der Waals surface area contributed by atoms with Gasteiger partial charge < -0.3 is 14.2 Å². The van der Waals surface area contributed by atoms with Crippen LogP contribution in [0.2, 0.25) is 5.02 Å². The molecule has 7 heteroatoms. The first-order valence-corrected chi connectivity index (χ1v) is 9.23. The fourth-order valence-corrected chi connectivity index (χ4v) is 3.07. The van der Waals surface area contributed by atoms with Crippen molar-refractivity contribution in [3.63, 3.8) is 0 Å². The Balaban J connectivity index is 2.26. The number of hydrogen-bond acceptors (Lipinski definition) is 4. The number of benzene rings is 2. The molecule has 0 aliphatic heterocycles. The average molecular weight is 491 g/mol. The molecule has 0 saturated carbocycles. The quantitative estimate of drug-likeness (QED) is 0.282. The molecule has 0 spiro atoms. The van der Waals surface area contributed by atoms with Crippen LogP contribution in [0.4, 0.5) is 4.39 Å². The van der Waals surface area contributed by atoms with Crippen LogP contribution in [0, 0.1) is 9.39 Å². The lowest BCUT2D eigenvalue weighted by Crippen LogP contribution is -2.08. The Morgan fingerprint density at radius 3 is 2.73 bits per heavy atom. The summed E-state index contributed by atoms with van der Waals surface area (Å²) >= 11 is 8.08. The zero-order chi connectivity index (χ0) is 19.1. The minimum atomic E-state index is -0.475. The molecule has 0 bridgehead atoms. The maximum atomic E-state index is 13.2. The number of carbonyl (C=O) groups is 1. The summed E-state index contributed by atoms with van der Waals surface area (Å²) in [6, 6.07) is 7.33. The van der Waals surface area contributed by atoms with E-state index in [1.807, 2.05) is 6.92 Å². The first-order valence-electron chi connectivity index (χ1n) is 7.77. The summed E-state index contributed by atoms with van der Waals surface area (Å²) in [5.74, 6) is 0.0129. The van der Waals surface area contributed by atoms with Gasteiger partial charge in [0.1, 0.15) is 19.0 Å². The molecule has 138 valence electrons. The molecule has 0 aromatic heterocycles. The van der Waals surface area contributed by atoms with Gasteiger partial charge in [-0.1, -0.05) is 30.3 Å². The summed E-state index contributed by atoms with van der Waals surface area (Å²) in [5, 5.41) is 0.280.